The molecule has 1 amide bonds. The molecule has 0 aliphatic rings. The maximum atomic E-state index is 12.7. The third-order valence-electron chi connectivity index (χ3n) is 5.80. The number of phenols is 1. The molecule has 2 aromatic carbocycles. The highest BCUT2D eigenvalue weighted by molar-refractivity contribution is 7.12. The van der Waals surface area contributed by atoms with E-state index in [0.717, 1.165) is 27.8 Å². The van der Waals surface area contributed by atoms with E-state index in [0.29, 0.717) is 16.8 Å². The van der Waals surface area contributed by atoms with Crippen LogP contribution in [0.5, 0.6) is 5.75 Å². The largest absolute Gasteiger partial charge is 0.507 e. The van der Waals surface area contributed by atoms with E-state index >= 15 is 0 Å². The number of nitrogens with zero attached hydrogens (tertiary/aromatic N) is 2. The molecular formula is C28H29N3O4S. The number of hydrogen-bond acceptors (Lipinski definition) is 7. The number of hydrazone groups is 1. The van der Waals surface area contributed by atoms with Crippen LogP contribution >= 0.6 is 11.3 Å². The summed E-state index contributed by atoms with van der Waals surface area (Å²) in [5.41, 5.74) is 5.05. The SMILES string of the molecule is CC(C)(C)c1cc(/C=N/NC(=O)c2nc(-c3cc4ccccc4oc3=O)cs2)c(O)c(C(C)(C)C)c1. The molecule has 8 heteroatoms. The maximum Gasteiger partial charge on any atom is 0.345 e. The van der Waals surface area contributed by atoms with Crippen LogP contribution in [0.3, 0.4) is 0 Å². The number of carbonyl (C=O) groups excluding carboxylic acids is 1. The first-order chi connectivity index (χ1) is 16.8. The van der Waals surface area contributed by atoms with E-state index in [1.54, 1.807) is 23.6 Å². The molecule has 0 bridgehead atoms. The van der Waals surface area contributed by atoms with E-state index in [4.69, 9.17) is 4.42 Å². The van der Waals surface area contributed by atoms with Gasteiger partial charge in [-0.1, -0.05) is 65.8 Å². The van der Waals surface area contributed by atoms with Gasteiger partial charge in [-0.3, -0.25) is 4.79 Å². The van der Waals surface area contributed by atoms with E-state index in [1.165, 1.54) is 6.21 Å². The lowest BCUT2D eigenvalue weighted by Gasteiger charge is -2.26. The first-order valence-electron chi connectivity index (χ1n) is 11.5. The third-order valence-corrected chi connectivity index (χ3v) is 6.64. The molecule has 0 spiro atoms. The zero-order valence-electron chi connectivity index (χ0n) is 21.2. The van der Waals surface area contributed by atoms with Gasteiger partial charge in [-0.05, 0) is 34.6 Å². The molecule has 2 heterocycles. The maximum absolute atomic E-state index is 12.7. The highest BCUT2D eigenvalue weighted by atomic mass is 32.1. The van der Waals surface area contributed by atoms with E-state index in [9.17, 15) is 14.7 Å². The van der Waals surface area contributed by atoms with Crippen LogP contribution in [0.1, 0.15) is 68.0 Å². The van der Waals surface area contributed by atoms with Gasteiger partial charge in [0.05, 0.1) is 17.5 Å². The highest BCUT2D eigenvalue weighted by Gasteiger charge is 2.24. The van der Waals surface area contributed by atoms with Crippen LogP contribution in [0, 0.1) is 0 Å². The lowest BCUT2D eigenvalue weighted by Crippen LogP contribution is -2.19. The number of para-hydroxylation sites is 1. The summed E-state index contributed by atoms with van der Waals surface area (Å²) < 4.78 is 5.37. The van der Waals surface area contributed by atoms with Crippen LogP contribution < -0.4 is 11.1 Å². The van der Waals surface area contributed by atoms with E-state index in [1.807, 2.05) is 45.0 Å². The van der Waals surface area contributed by atoms with Crippen LogP contribution in [0.4, 0.5) is 0 Å². The molecule has 2 N–H and O–H groups in total. The lowest BCUT2D eigenvalue weighted by atomic mass is 9.79. The van der Waals surface area contributed by atoms with Crippen molar-refractivity contribution in [3.8, 4) is 17.0 Å². The lowest BCUT2D eigenvalue weighted by molar-refractivity contribution is 0.0955. The van der Waals surface area contributed by atoms with Crippen LogP contribution in [0.2, 0.25) is 0 Å². The first-order valence-corrected chi connectivity index (χ1v) is 12.4. The van der Waals surface area contributed by atoms with E-state index in [2.05, 4.69) is 36.3 Å². The molecular weight excluding hydrogens is 474 g/mol. The Morgan fingerprint density at radius 1 is 1.08 bits per heavy atom. The first kappa shape index (κ1) is 25.3. The predicted octanol–water partition coefficient (Wildman–Crippen LogP) is 5.98. The quantitative estimate of drug-likeness (QED) is 0.202. The standard InChI is InChI=1S/C28H29N3O4S/c1-27(2,3)18-11-17(23(32)20(13-18)28(4,5)6)14-29-31-24(33)25-30-21(15-36-25)19-12-16-9-7-8-10-22(16)35-26(19)34/h7-15,32H,1-6H3,(H,31,33)/b29-14+. The van der Waals surface area contributed by atoms with Gasteiger partial charge in [0.1, 0.15) is 11.3 Å². The monoisotopic (exact) mass is 503 g/mol. The Hall–Kier alpha value is -3.78. The molecule has 4 rings (SSSR count). The fourth-order valence-electron chi connectivity index (χ4n) is 3.71. The Labute approximate surface area is 213 Å². The van der Waals surface area contributed by atoms with Crippen molar-refractivity contribution in [2.24, 2.45) is 5.10 Å². The Morgan fingerprint density at radius 3 is 2.50 bits per heavy atom. The number of aromatic hydroxyl groups is 1. The molecule has 2 aromatic heterocycles. The number of phenolic OH excluding ortho intramolecular Hbond substituents is 1. The molecule has 186 valence electrons. The predicted molar refractivity (Wildman–Crippen MR) is 144 cm³/mol. The molecule has 0 fully saturated rings. The summed E-state index contributed by atoms with van der Waals surface area (Å²) in [6.07, 6.45) is 1.43. The molecule has 0 aliphatic heterocycles. The number of nitrogens with one attached hydrogen (secondary N) is 1. The molecule has 0 saturated carbocycles. The van der Waals surface area contributed by atoms with Crippen molar-refractivity contribution in [3.05, 3.63) is 80.0 Å². The minimum Gasteiger partial charge on any atom is -0.507 e. The van der Waals surface area contributed by atoms with Crippen molar-refractivity contribution >= 4 is 34.4 Å². The van der Waals surface area contributed by atoms with Crippen molar-refractivity contribution in [2.45, 2.75) is 52.4 Å². The van der Waals surface area contributed by atoms with Crippen molar-refractivity contribution in [2.75, 3.05) is 0 Å². The summed E-state index contributed by atoms with van der Waals surface area (Å²) in [6, 6.07) is 12.8. The van der Waals surface area contributed by atoms with Gasteiger partial charge in [-0.2, -0.15) is 5.10 Å². The fourth-order valence-corrected chi connectivity index (χ4v) is 4.42. The van der Waals surface area contributed by atoms with Crippen molar-refractivity contribution in [1.29, 1.82) is 0 Å². The number of thiazole rings is 1. The summed E-state index contributed by atoms with van der Waals surface area (Å²) in [7, 11) is 0. The number of benzene rings is 2. The van der Waals surface area contributed by atoms with Crippen molar-refractivity contribution in [1.82, 2.24) is 10.4 Å². The number of amides is 1. The molecule has 7 nitrogen and oxygen atoms in total. The van der Waals surface area contributed by atoms with Crippen LogP contribution in [-0.4, -0.2) is 22.2 Å². The molecule has 0 unspecified atom stereocenters. The number of hydrogen-bond donors (Lipinski definition) is 2. The van der Waals surface area contributed by atoms with Crippen molar-refractivity contribution in [3.63, 3.8) is 0 Å². The van der Waals surface area contributed by atoms with Crippen molar-refractivity contribution < 1.29 is 14.3 Å². The van der Waals surface area contributed by atoms with Gasteiger partial charge in [0.15, 0.2) is 5.01 Å². The van der Waals surface area contributed by atoms with Crippen LogP contribution in [-0.2, 0) is 10.8 Å². The van der Waals surface area contributed by atoms with Gasteiger partial charge < -0.3 is 9.52 Å². The number of rotatable bonds is 4. The summed E-state index contributed by atoms with van der Waals surface area (Å²) in [4.78, 5) is 29.4. The summed E-state index contributed by atoms with van der Waals surface area (Å²) >= 11 is 1.10. The second kappa shape index (κ2) is 9.35. The average Bonchev–Trinajstić information content (AvgIpc) is 3.28. The van der Waals surface area contributed by atoms with Gasteiger partial charge in [0, 0.05) is 21.9 Å². The van der Waals surface area contributed by atoms with Gasteiger partial charge in [-0.15, -0.1) is 11.3 Å². The average molecular weight is 504 g/mol. The fraction of sp³-hybridized carbons (Fsp3) is 0.286. The van der Waals surface area contributed by atoms with E-state index < -0.39 is 11.5 Å². The van der Waals surface area contributed by atoms with Gasteiger partial charge in [-0.25, -0.2) is 15.2 Å². The Kier molecular flexibility index (Phi) is 6.58. The zero-order chi connectivity index (χ0) is 26.3. The van der Waals surface area contributed by atoms with E-state index in [-0.39, 0.29) is 27.2 Å². The number of aromatic nitrogens is 1. The number of carbonyl (C=O) groups is 1. The number of fused-ring (bicyclic) bond motifs is 1. The Bertz CT molecular complexity index is 1540. The molecule has 0 aliphatic carbocycles. The topological polar surface area (TPSA) is 105 Å². The molecule has 4 aromatic rings. The van der Waals surface area contributed by atoms with Gasteiger partial charge in [0.25, 0.3) is 5.91 Å². The third kappa shape index (κ3) is 5.23. The van der Waals surface area contributed by atoms with Crippen LogP contribution in [0.15, 0.2) is 62.2 Å². The molecule has 0 atom stereocenters. The second-order valence-corrected chi connectivity index (χ2v) is 11.5. The molecule has 0 radical (unpaired) electrons. The molecule has 36 heavy (non-hydrogen) atoms. The normalized spacial score (nSPS) is 12.4. The second-order valence-electron chi connectivity index (χ2n) is 10.7. The zero-order valence-corrected chi connectivity index (χ0v) is 22.0. The smallest absolute Gasteiger partial charge is 0.345 e. The summed E-state index contributed by atoms with van der Waals surface area (Å²) in [5, 5.41) is 17.5. The van der Waals surface area contributed by atoms with Crippen LogP contribution in [0.25, 0.3) is 22.2 Å². The molecule has 0 saturated heterocycles. The van der Waals surface area contributed by atoms with Gasteiger partial charge in [0.2, 0.25) is 0 Å². The summed E-state index contributed by atoms with van der Waals surface area (Å²) in [6.45, 7) is 12.4. The minimum absolute atomic E-state index is 0.132. The van der Waals surface area contributed by atoms with Gasteiger partial charge >= 0.3 is 5.63 Å². The minimum atomic E-state index is -0.521. The Balaban J connectivity index is 1.57. The summed E-state index contributed by atoms with van der Waals surface area (Å²) in [5.74, 6) is -0.386. The highest BCUT2D eigenvalue weighted by Crippen LogP contribution is 2.37. The Morgan fingerprint density at radius 2 is 1.81 bits per heavy atom.